The van der Waals surface area contributed by atoms with Gasteiger partial charge in [-0.05, 0) is 74.3 Å². The molecule has 10 aromatic rings. The van der Waals surface area contributed by atoms with Gasteiger partial charge >= 0.3 is 11.6 Å². The number of carbonyl (C=O) groups is 1. The van der Waals surface area contributed by atoms with Gasteiger partial charge in [-0.3, -0.25) is 29.4 Å². The van der Waals surface area contributed by atoms with Crippen molar-refractivity contribution >= 4 is 116 Å². The topological polar surface area (TPSA) is 295 Å². The number of methoxy groups -OCH3 is 2. The van der Waals surface area contributed by atoms with Gasteiger partial charge in [0.2, 0.25) is 0 Å². The van der Waals surface area contributed by atoms with E-state index in [1.54, 1.807) is 38.3 Å². The number of carboxylic acid groups (broad SMARTS) is 1. The van der Waals surface area contributed by atoms with E-state index in [2.05, 4.69) is 80.9 Å². The molecule has 1 aliphatic heterocycles. The number of hydrogen-bond acceptors (Lipinski definition) is 20. The van der Waals surface area contributed by atoms with E-state index in [4.69, 9.17) is 65.3 Å². The van der Waals surface area contributed by atoms with E-state index < -0.39 is 11.6 Å². The highest BCUT2D eigenvalue weighted by Gasteiger charge is 2.27. The minimum absolute atomic E-state index is 0. The minimum atomic E-state index is -1.05. The monoisotopic (exact) mass is 1090 g/mol. The molecule has 1 aliphatic rings. The van der Waals surface area contributed by atoms with Crippen LogP contribution in [-0.4, -0.2) is 116 Å². The number of pyridine rings is 6. The van der Waals surface area contributed by atoms with Gasteiger partial charge in [-0.15, -0.1) is 0 Å². The summed E-state index contributed by atoms with van der Waals surface area (Å²) in [6.07, 6.45) is 12.2. The Bertz CT molecular complexity index is 3850. The van der Waals surface area contributed by atoms with Crippen LogP contribution < -0.4 is 37.4 Å². The highest BCUT2D eigenvalue weighted by atomic mass is 35.5. The maximum Gasteiger partial charge on any atom is 0.348 e. The Morgan fingerprint density at radius 2 is 1.13 bits per heavy atom. The fourth-order valence-corrected chi connectivity index (χ4v) is 7.85. The Morgan fingerprint density at radius 3 is 1.64 bits per heavy atom. The Morgan fingerprint density at radius 1 is 0.632 bits per heavy atom. The number of aryl methyl sites for hydroxylation is 1. The quantitative estimate of drug-likeness (QED) is 0.170. The first-order chi connectivity index (χ1) is 35.9. The molecular weight excluding hydrogens is 1040 g/mol. The largest absolute Gasteiger partial charge is 0.497 e. The summed E-state index contributed by atoms with van der Waals surface area (Å²) >= 11 is 17.4. The van der Waals surface area contributed by atoms with Crippen molar-refractivity contribution in [3.63, 3.8) is 0 Å². The van der Waals surface area contributed by atoms with Gasteiger partial charge in [0.15, 0.2) is 33.7 Å². The van der Waals surface area contributed by atoms with Gasteiger partial charge in [0.25, 0.3) is 0 Å². The van der Waals surface area contributed by atoms with Crippen molar-refractivity contribution in [2.75, 3.05) is 52.9 Å². The van der Waals surface area contributed by atoms with Crippen LogP contribution in [0.2, 0.25) is 15.1 Å². The Kier molecular flexibility index (Phi) is 19.1. The third-order valence-corrected chi connectivity index (χ3v) is 11.6. The van der Waals surface area contributed by atoms with Crippen molar-refractivity contribution in [3.8, 4) is 11.5 Å². The number of halogens is 3. The zero-order valence-corrected chi connectivity index (χ0v) is 42.7. The summed E-state index contributed by atoms with van der Waals surface area (Å²) in [7, 11) is 7.55. The summed E-state index contributed by atoms with van der Waals surface area (Å²) in [4.78, 5) is 87.1. The molecule has 5 N–H and O–H groups in total. The first-order valence-electron chi connectivity index (χ1n) is 22.1. The summed E-state index contributed by atoms with van der Waals surface area (Å²) in [5.41, 5.74) is 13.8. The van der Waals surface area contributed by atoms with Gasteiger partial charge in [0, 0.05) is 44.8 Å². The van der Waals surface area contributed by atoms with E-state index in [1.165, 1.54) is 80.4 Å². The molecule has 10 heterocycles. The van der Waals surface area contributed by atoms with E-state index in [9.17, 15) is 19.2 Å². The molecule has 0 atom stereocenters. The van der Waals surface area contributed by atoms with Crippen molar-refractivity contribution in [2.24, 2.45) is 0 Å². The van der Waals surface area contributed by atoms with Crippen molar-refractivity contribution < 1.29 is 23.8 Å². The van der Waals surface area contributed by atoms with Gasteiger partial charge in [-0.2, -0.15) is 4.98 Å². The maximum absolute atomic E-state index is 12.5. The number of fused-ring (bicyclic) bond motifs is 5. The van der Waals surface area contributed by atoms with Crippen molar-refractivity contribution in [2.45, 2.75) is 13.1 Å². The molecular formula is C51H48BCl3N13O8-. The molecule has 9 aromatic heterocycles. The van der Waals surface area contributed by atoms with Crippen LogP contribution in [-0.2, 0) is 0 Å². The van der Waals surface area contributed by atoms with Gasteiger partial charge in [0.1, 0.15) is 28.3 Å². The van der Waals surface area contributed by atoms with Gasteiger partial charge in [0.05, 0.1) is 98.5 Å². The summed E-state index contributed by atoms with van der Waals surface area (Å²) in [5, 5.41) is 11.5. The van der Waals surface area contributed by atoms with Gasteiger partial charge in [-0.1, -0.05) is 55.3 Å². The molecule has 21 nitrogen and oxygen atoms in total. The molecule has 390 valence electrons. The Balaban J connectivity index is 0.000000156. The number of nitrogens with two attached hydrogens (primary N) is 2. The summed E-state index contributed by atoms with van der Waals surface area (Å²) in [5.74, 6) is 0.730. The van der Waals surface area contributed by atoms with Gasteiger partial charge < -0.3 is 30.5 Å². The lowest BCUT2D eigenvalue weighted by molar-refractivity contribution is 0.0697. The molecule has 0 amide bonds. The Labute approximate surface area is 448 Å². The second-order valence-electron chi connectivity index (χ2n) is 16.1. The average Bonchev–Trinajstić information content (AvgIpc) is 3.59. The first kappa shape index (κ1) is 56.8. The molecule has 0 unspecified atom stereocenters. The number of nitrogen functional groups attached to an aromatic ring is 2. The number of aromatic carboxylic acids is 1. The molecule has 1 aromatic carbocycles. The van der Waals surface area contributed by atoms with E-state index >= 15 is 0 Å². The zero-order valence-electron chi connectivity index (χ0n) is 40.5. The number of benzene rings is 1. The predicted molar refractivity (Wildman–Crippen MR) is 299 cm³/mol. The van der Waals surface area contributed by atoms with Crippen molar-refractivity contribution in [3.05, 3.63) is 179 Å². The second-order valence-corrected chi connectivity index (χ2v) is 17.4. The highest BCUT2D eigenvalue weighted by Crippen LogP contribution is 2.28. The molecule has 0 spiro atoms. The van der Waals surface area contributed by atoms with Gasteiger partial charge in [-0.25, -0.2) is 39.5 Å². The lowest BCUT2D eigenvalue weighted by Gasteiger charge is -2.25. The van der Waals surface area contributed by atoms with Crippen LogP contribution in [0.4, 0.5) is 11.5 Å². The van der Waals surface area contributed by atoms with Crippen LogP contribution in [0.1, 0.15) is 28.0 Å². The molecule has 0 bridgehead atoms. The number of likely N-dealkylation sites (N-methyl/N-ethyl adjacent to an activating group) is 2. The number of rotatable bonds is 4. The first-order valence-corrected chi connectivity index (χ1v) is 23.3. The van der Waals surface area contributed by atoms with Crippen molar-refractivity contribution in [1.82, 2.24) is 54.7 Å². The van der Waals surface area contributed by atoms with E-state index in [1.807, 2.05) is 12.1 Å². The number of anilines is 2. The van der Waals surface area contributed by atoms with Crippen LogP contribution in [0, 0.1) is 6.92 Å². The molecule has 1 fully saturated rings. The fraction of sp³-hybridized carbons (Fsp3) is 0.157. The lowest BCUT2D eigenvalue weighted by Crippen LogP contribution is -2.25. The number of aromatic nitrogens is 9. The summed E-state index contributed by atoms with van der Waals surface area (Å²) < 4.78 is 15.0. The van der Waals surface area contributed by atoms with E-state index in [-0.39, 0.29) is 30.7 Å². The molecule has 0 radical (unpaired) electrons. The fourth-order valence-electron chi connectivity index (χ4n) is 7.38. The summed E-state index contributed by atoms with van der Waals surface area (Å²) in [6, 6.07) is 19.1. The standard InChI is InChI=1S/C13H8ClN3O2.C12H7ClN4O.C12H18N2O.C8H5ClN2O2.C6H6N2O2.BH4/c1-19-8-3-9-11(15-5-8)6-17-13-10(12(9)18)2-7(14)4-16-13;13-6-1-9-11(18)8-2-7(14)4-15-10(8)5-17-12(9)16-3-6;1-13-8-9-14(2)12(13)10-4-6-11(15-3)7-5-10;1-4-11-7-6(8(12)13-4)2-5(9)3-10-7;7-5-4(6(9)10)2-1-3-8-5;/h2-6H,1H3;1-5H,14H2;4-7,12H,8-9H2,1-3H3;2-3H,1H3;1-3H,(H2,7,8)(H,9,10);1H4/q;;;;;-1. The van der Waals surface area contributed by atoms with Crippen molar-refractivity contribution in [1.29, 1.82) is 0 Å². The predicted octanol–water partition coefficient (Wildman–Crippen LogP) is 6.00. The molecule has 11 rings (SSSR count). The molecule has 0 aliphatic carbocycles. The average molecular weight is 1090 g/mol. The molecule has 25 heteroatoms. The lowest BCUT2D eigenvalue weighted by atomic mass is 10.1. The van der Waals surface area contributed by atoms with E-state index in [0.29, 0.717) is 93.5 Å². The third kappa shape index (κ3) is 13.8. The number of hydrogen-bond donors (Lipinski definition) is 3. The minimum Gasteiger partial charge on any atom is -0.497 e. The Hall–Kier alpha value is -8.54. The number of ether oxygens (including phenoxy) is 2. The number of carboxylic acids is 1. The SMILES string of the molecule is COc1ccc(C2N(C)CCN2C)cc1.COc1cnc2cnc3ncc(Cl)cc3c(=O)c2c1.Cc1nc2ncc(Cl)cc2c(=O)o1.Nc1cnc2cnc3ncc(Cl)cc3c(=O)c2c1.Nc1ncccc1C(=O)O.[BH4-]. The molecule has 1 saturated heterocycles. The zero-order chi connectivity index (χ0) is 53.9. The smallest absolute Gasteiger partial charge is 0.348 e. The van der Waals surface area contributed by atoms with Crippen LogP contribution in [0.5, 0.6) is 11.5 Å². The normalized spacial score (nSPS) is 12.2. The van der Waals surface area contributed by atoms with Crippen LogP contribution in [0.15, 0.2) is 135 Å². The second kappa shape index (κ2) is 25.6. The number of nitrogens with zero attached hydrogens (tertiary/aromatic N) is 11. The molecule has 76 heavy (non-hydrogen) atoms. The van der Waals surface area contributed by atoms with Crippen LogP contribution in [0.3, 0.4) is 0 Å². The highest BCUT2D eigenvalue weighted by molar-refractivity contribution is 6.31. The summed E-state index contributed by atoms with van der Waals surface area (Å²) in [6.45, 7) is 3.86. The third-order valence-electron chi connectivity index (χ3n) is 11.0. The van der Waals surface area contributed by atoms with Crippen LogP contribution in [0.25, 0.3) is 54.9 Å². The van der Waals surface area contributed by atoms with Crippen LogP contribution >= 0.6 is 34.8 Å². The molecule has 0 saturated carbocycles. The van der Waals surface area contributed by atoms with E-state index in [0.717, 1.165) is 18.8 Å². The maximum atomic E-state index is 12.5.